The molecule has 0 aromatic heterocycles. The minimum atomic E-state index is -4.00. The van der Waals surface area contributed by atoms with Crippen LogP contribution in [0.5, 0.6) is 0 Å². The smallest absolute Gasteiger partial charge is 0.208 e. The fourth-order valence-corrected chi connectivity index (χ4v) is 4.75. The lowest BCUT2D eigenvalue weighted by molar-refractivity contribution is -0.109. The van der Waals surface area contributed by atoms with Gasteiger partial charge in [0.25, 0.3) is 0 Å². The third-order valence-electron chi connectivity index (χ3n) is 3.11. The molecule has 2 aromatic carbocycles. The number of nitrogens with one attached hydrogen (secondary N) is 1. The van der Waals surface area contributed by atoms with Gasteiger partial charge in [-0.05, 0) is 24.6 Å². The van der Waals surface area contributed by atoms with Crippen molar-refractivity contribution in [3.8, 4) is 0 Å². The maximum absolute atomic E-state index is 12.9. The summed E-state index contributed by atoms with van der Waals surface area (Å²) < 4.78 is 25.7. The van der Waals surface area contributed by atoms with E-state index < -0.39 is 15.2 Å². The van der Waals surface area contributed by atoms with Crippen molar-refractivity contribution in [2.75, 3.05) is 0 Å². The van der Waals surface area contributed by atoms with Crippen LogP contribution in [0.3, 0.4) is 0 Å². The molecule has 0 aliphatic heterocycles. The maximum atomic E-state index is 12.9. The van der Waals surface area contributed by atoms with Crippen LogP contribution >= 0.6 is 23.2 Å². The van der Waals surface area contributed by atoms with Crippen molar-refractivity contribution < 1.29 is 13.2 Å². The zero-order chi connectivity index (χ0) is 16.3. The molecule has 2 aromatic rings. The Kier molecular flexibility index (Phi) is 5.11. The Labute approximate surface area is 139 Å². The molecule has 0 aliphatic carbocycles. The zero-order valence-corrected chi connectivity index (χ0v) is 13.9. The highest BCUT2D eigenvalue weighted by Gasteiger charge is 2.32. The number of hydrogen-bond donors (Lipinski definition) is 1. The summed E-state index contributed by atoms with van der Waals surface area (Å²) in [5, 5.41) is 1.09. The SMILES string of the molecule is Cc1ccc(C(NC=O)S(=O)(=O)c2c(Cl)cccc2Cl)cc1. The first kappa shape index (κ1) is 16.8. The summed E-state index contributed by atoms with van der Waals surface area (Å²) >= 11 is 12.0. The van der Waals surface area contributed by atoms with Gasteiger partial charge in [0.05, 0.1) is 10.0 Å². The molecule has 0 heterocycles. The molecule has 0 saturated carbocycles. The Balaban J connectivity index is 2.60. The molecule has 7 heteroatoms. The van der Waals surface area contributed by atoms with Crippen LogP contribution in [0.15, 0.2) is 47.4 Å². The summed E-state index contributed by atoms with van der Waals surface area (Å²) in [6.45, 7) is 1.88. The number of aryl methyl sites for hydroxylation is 1. The van der Waals surface area contributed by atoms with Gasteiger partial charge < -0.3 is 5.32 Å². The predicted molar refractivity (Wildman–Crippen MR) is 86.8 cm³/mol. The van der Waals surface area contributed by atoms with Gasteiger partial charge in [-0.15, -0.1) is 0 Å². The quantitative estimate of drug-likeness (QED) is 0.832. The van der Waals surface area contributed by atoms with E-state index in [9.17, 15) is 13.2 Å². The Morgan fingerprint density at radius 3 is 2.09 bits per heavy atom. The molecule has 116 valence electrons. The zero-order valence-electron chi connectivity index (χ0n) is 11.6. The van der Waals surface area contributed by atoms with Crippen molar-refractivity contribution in [1.29, 1.82) is 0 Å². The molecule has 4 nitrogen and oxygen atoms in total. The van der Waals surface area contributed by atoms with E-state index >= 15 is 0 Å². The first-order valence-electron chi connectivity index (χ1n) is 6.32. The highest BCUT2D eigenvalue weighted by molar-refractivity contribution is 7.92. The number of rotatable bonds is 5. The van der Waals surface area contributed by atoms with E-state index in [-0.39, 0.29) is 14.9 Å². The molecule has 0 aliphatic rings. The predicted octanol–water partition coefficient (Wildman–Crippen LogP) is 3.52. The summed E-state index contributed by atoms with van der Waals surface area (Å²) in [4.78, 5) is 10.7. The summed E-state index contributed by atoms with van der Waals surface area (Å²) in [6, 6.07) is 11.2. The second kappa shape index (κ2) is 6.69. The lowest BCUT2D eigenvalue weighted by Gasteiger charge is -2.19. The number of amides is 1. The fraction of sp³-hybridized carbons (Fsp3) is 0.133. The van der Waals surface area contributed by atoms with Gasteiger partial charge in [-0.1, -0.05) is 59.1 Å². The van der Waals surface area contributed by atoms with Gasteiger partial charge in [0.1, 0.15) is 4.90 Å². The van der Waals surface area contributed by atoms with E-state index in [1.54, 1.807) is 30.3 Å². The molecule has 1 atom stereocenters. The average molecular weight is 358 g/mol. The first-order valence-corrected chi connectivity index (χ1v) is 8.62. The minimum absolute atomic E-state index is 0.0114. The molecule has 1 amide bonds. The second-order valence-electron chi connectivity index (χ2n) is 4.67. The van der Waals surface area contributed by atoms with E-state index in [1.165, 1.54) is 12.1 Å². The summed E-state index contributed by atoms with van der Waals surface area (Å²) in [6.07, 6.45) is 0.340. The number of carbonyl (C=O) groups is 1. The van der Waals surface area contributed by atoms with Gasteiger partial charge in [0.2, 0.25) is 16.2 Å². The molecule has 0 fully saturated rings. The summed E-state index contributed by atoms with van der Waals surface area (Å²) in [5.74, 6) is 0. The molecule has 1 unspecified atom stereocenters. The maximum Gasteiger partial charge on any atom is 0.208 e. The van der Waals surface area contributed by atoms with Crippen molar-refractivity contribution in [3.05, 3.63) is 63.6 Å². The van der Waals surface area contributed by atoms with Crippen molar-refractivity contribution in [1.82, 2.24) is 5.32 Å². The Bertz CT molecular complexity index is 769. The van der Waals surface area contributed by atoms with E-state index in [2.05, 4.69) is 5.32 Å². The van der Waals surface area contributed by atoms with Gasteiger partial charge in [-0.25, -0.2) is 8.42 Å². The summed E-state index contributed by atoms with van der Waals surface area (Å²) in [5.41, 5.74) is 1.40. The lowest BCUT2D eigenvalue weighted by Crippen LogP contribution is -2.28. The van der Waals surface area contributed by atoms with Crippen LogP contribution < -0.4 is 5.32 Å². The number of sulfone groups is 1. The van der Waals surface area contributed by atoms with E-state index in [4.69, 9.17) is 23.2 Å². The second-order valence-corrected chi connectivity index (χ2v) is 7.46. The third kappa shape index (κ3) is 3.27. The van der Waals surface area contributed by atoms with Crippen LogP contribution in [0.4, 0.5) is 0 Å². The Morgan fingerprint density at radius 1 is 1.05 bits per heavy atom. The molecule has 2 rings (SSSR count). The van der Waals surface area contributed by atoms with Crippen molar-refractivity contribution in [2.24, 2.45) is 0 Å². The minimum Gasteiger partial charge on any atom is -0.338 e. The highest BCUT2D eigenvalue weighted by atomic mass is 35.5. The molecule has 0 radical (unpaired) electrons. The monoisotopic (exact) mass is 357 g/mol. The molecule has 1 N–H and O–H groups in total. The van der Waals surface area contributed by atoms with Crippen LogP contribution in [0, 0.1) is 6.92 Å². The van der Waals surface area contributed by atoms with Gasteiger partial charge in [0.15, 0.2) is 5.37 Å². The molecule has 0 saturated heterocycles. The van der Waals surface area contributed by atoms with Gasteiger partial charge >= 0.3 is 0 Å². The Hall–Kier alpha value is -1.56. The molecule has 22 heavy (non-hydrogen) atoms. The molecule has 0 bridgehead atoms. The van der Waals surface area contributed by atoms with Crippen LogP contribution in [0.25, 0.3) is 0 Å². The topological polar surface area (TPSA) is 63.2 Å². The van der Waals surface area contributed by atoms with Crippen molar-refractivity contribution >= 4 is 39.4 Å². The average Bonchev–Trinajstić information content (AvgIpc) is 2.45. The van der Waals surface area contributed by atoms with Crippen LogP contribution in [0.2, 0.25) is 10.0 Å². The standard InChI is InChI=1S/C15H13Cl2NO3S/c1-10-5-7-11(8-6-10)15(18-9-19)22(20,21)14-12(16)3-2-4-13(14)17/h2-9,15H,1H3,(H,18,19). The third-order valence-corrected chi connectivity index (χ3v) is 6.01. The number of benzene rings is 2. The van der Waals surface area contributed by atoms with E-state index in [0.717, 1.165) is 5.56 Å². The van der Waals surface area contributed by atoms with E-state index in [1.807, 2.05) is 6.92 Å². The molecular formula is C15H13Cl2NO3S. The van der Waals surface area contributed by atoms with Crippen molar-refractivity contribution in [2.45, 2.75) is 17.2 Å². The highest BCUT2D eigenvalue weighted by Crippen LogP contribution is 2.35. The molecular weight excluding hydrogens is 345 g/mol. The number of hydrogen-bond acceptors (Lipinski definition) is 3. The lowest BCUT2D eigenvalue weighted by atomic mass is 10.1. The first-order chi connectivity index (χ1) is 10.4. The van der Waals surface area contributed by atoms with Gasteiger partial charge in [0, 0.05) is 0 Å². The van der Waals surface area contributed by atoms with Crippen LogP contribution in [-0.2, 0) is 14.6 Å². The van der Waals surface area contributed by atoms with Crippen LogP contribution in [-0.4, -0.2) is 14.8 Å². The Morgan fingerprint density at radius 2 is 1.59 bits per heavy atom. The fourth-order valence-electron chi connectivity index (χ4n) is 2.04. The number of halogens is 2. The van der Waals surface area contributed by atoms with Crippen LogP contribution in [0.1, 0.15) is 16.5 Å². The van der Waals surface area contributed by atoms with Crippen molar-refractivity contribution in [3.63, 3.8) is 0 Å². The van der Waals surface area contributed by atoms with Gasteiger partial charge in [-0.2, -0.15) is 0 Å². The molecule has 0 spiro atoms. The van der Waals surface area contributed by atoms with E-state index in [0.29, 0.717) is 12.0 Å². The number of carbonyl (C=O) groups excluding carboxylic acids is 1. The summed E-state index contributed by atoms with van der Waals surface area (Å²) in [7, 11) is -4.00. The normalized spacial score (nSPS) is 12.7. The van der Waals surface area contributed by atoms with Gasteiger partial charge in [-0.3, -0.25) is 4.79 Å². The largest absolute Gasteiger partial charge is 0.338 e.